The van der Waals surface area contributed by atoms with Crippen molar-refractivity contribution >= 4 is 34.0 Å². The smallest absolute Gasteiger partial charge is 0.261 e. The Kier molecular flexibility index (Phi) is 9.81. The first-order valence-corrected chi connectivity index (χ1v) is 9.67. The number of carbonyl (C=O) groups excluding carboxylic acids is 1. The molecule has 0 fully saturated rings. The second kappa shape index (κ2) is 11.6. The first-order valence-electron chi connectivity index (χ1n) is 8.19. The van der Waals surface area contributed by atoms with E-state index in [1.807, 2.05) is 0 Å². The quantitative estimate of drug-likeness (QED) is 0.517. The van der Waals surface area contributed by atoms with Gasteiger partial charge >= 0.3 is 0 Å². The van der Waals surface area contributed by atoms with Crippen LogP contribution in [0.1, 0.15) is 10.4 Å². The van der Waals surface area contributed by atoms with Crippen LogP contribution in [0.15, 0.2) is 59.5 Å². The zero-order valence-corrected chi connectivity index (χ0v) is 16.6. The highest BCUT2D eigenvalue weighted by Gasteiger charge is 2.14. The van der Waals surface area contributed by atoms with Crippen LogP contribution >= 0.6 is 12.4 Å². The van der Waals surface area contributed by atoms with Crippen LogP contribution in [0.4, 0.5) is 5.69 Å². The summed E-state index contributed by atoms with van der Waals surface area (Å²) in [5, 5.41) is 5.90. The minimum absolute atomic E-state index is 0. The molecular weight excluding hydrogens is 390 g/mol. The predicted molar refractivity (Wildman–Crippen MR) is 108 cm³/mol. The van der Waals surface area contributed by atoms with E-state index in [1.165, 1.54) is 18.2 Å². The molecule has 0 atom stereocenters. The number of anilines is 1. The minimum atomic E-state index is -3.69. The van der Waals surface area contributed by atoms with Gasteiger partial charge in [-0.2, -0.15) is 0 Å². The number of hydrogen-bond donors (Lipinski definition) is 3. The van der Waals surface area contributed by atoms with Crippen molar-refractivity contribution in [1.29, 1.82) is 0 Å². The van der Waals surface area contributed by atoms with Gasteiger partial charge in [0.25, 0.3) is 15.9 Å². The highest BCUT2D eigenvalue weighted by atomic mass is 35.5. The van der Waals surface area contributed by atoms with Crippen molar-refractivity contribution in [3.8, 4) is 0 Å². The van der Waals surface area contributed by atoms with Gasteiger partial charge in [0, 0.05) is 38.0 Å². The summed E-state index contributed by atoms with van der Waals surface area (Å²) >= 11 is 0. The molecule has 2 aromatic rings. The molecule has 7 nitrogen and oxygen atoms in total. The van der Waals surface area contributed by atoms with Gasteiger partial charge in [-0.1, -0.05) is 24.3 Å². The number of amides is 1. The SMILES string of the molecule is COCCNCCNC(=O)c1cccc(NS(=O)(=O)c2ccccc2)c1.Cl. The Morgan fingerprint density at radius 2 is 1.74 bits per heavy atom. The Bertz CT molecular complexity index is 816. The van der Waals surface area contributed by atoms with E-state index in [0.29, 0.717) is 37.5 Å². The number of nitrogens with one attached hydrogen (secondary N) is 3. The number of carbonyl (C=O) groups is 1. The molecule has 0 heterocycles. The third-order valence-corrected chi connectivity index (χ3v) is 4.90. The van der Waals surface area contributed by atoms with Crippen LogP contribution < -0.4 is 15.4 Å². The molecule has 148 valence electrons. The fourth-order valence-corrected chi connectivity index (χ4v) is 3.27. The van der Waals surface area contributed by atoms with E-state index in [1.54, 1.807) is 43.5 Å². The largest absolute Gasteiger partial charge is 0.383 e. The Hall–Kier alpha value is -2.13. The second-order valence-corrected chi connectivity index (χ2v) is 7.18. The van der Waals surface area contributed by atoms with E-state index >= 15 is 0 Å². The molecule has 27 heavy (non-hydrogen) atoms. The average Bonchev–Trinajstić information content (AvgIpc) is 2.65. The third kappa shape index (κ3) is 7.56. The van der Waals surface area contributed by atoms with E-state index in [9.17, 15) is 13.2 Å². The van der Waals surface area contributed by atoms with E-state index in [4.69, 9.17) is 4.74 Å². The molecule has 0 unspecified atom stereocenters. The molecule has 3 N–H and O–H groups in total. The minimum Gasteiger partial charge on any atom is -0.383 e. The monoisotopic (exact) mass is 413 g/mol. The zero-order chi connectivity index (χ0) is 18.8. The van der Waals surface area contributed by atoms with Crippen molar-refractivity contribution in [3.63, 3.8) is 0 Å². The number of benzene rings is 2. The number of rotatable bonds is 10. The van der Waals surface area contributed by atoms with Gasteiger partial charge in [-0.3, -0.25) is 9.52 Å². The molecule has 2 aromatic carbocycles. The lowest BCUT2D eigenvalue weighted by Gasteiger charge is -2.10. The summed E-state index contributed by atoms with van der Waals surface area (Å²) in [5.41, 5.74) is 0.717. The zero-order valence-electron chi connectivity index (χ0n) is 15.0. The van der Waals surface area contributed by atoms with Crippen LogP contribution in [0.2, 0.25) is 0 Å². The topological polar surface area (TPSA) is 96.5 Å². The standard InChI is InChI=1S/C18H23N3O4S.ClH/c1-25-13-12-19-10-11-20-18(22)15-6-5-7-16(14-15)21-26(23,24)17-8-3-2-4-9-17;/h2-9,14,19,21H,10-13H2,1H3,(H,20,22);1H. The molecule has 0 saturated heterocycles. The molecule has 0 saturated carbocycles. The van der Waals surface area contributed by atoms with Crippen molar-refractivity contribution in [3.05, 3.63) is 60.2 Å². The van der Waals surface area contributed by atoms with Gasteiger partial charge < -0.3 is 15.4 Å². The summed E-state index contributed by atoms with van der Waals surface area (Å²) in [6.45, 7) is 2.40. The van der Waals surface area contributed by atoms with Gasteiger partial charge in [0.1, 0.15) is 0 Å². The Morgan fingerprint density at radius 3 is 2.44 bits per heavy atom. The van der Waals surface area contributed by atoms with Crippen LogP contribution in [0.5, 0.6) is 0 Å². The van der Waals surface area contributed by atoms with E-state index in [-0.39, 0.29) is 23.2 Å². The van der Waals surface area contributed by atoms with Gasteiger partial charge in [-0.25, -0.2) is 8.42 Å². The molecule has 0 spiro atoms. The van der Waals surface area contributed by atoms with E-state index < -0.39 is 10.0 Å². The Labute approximate surface area is 166 Å². The normalized spacial score (nSPS) is 10.7. The Balaban J connectivity index is 0.00000364. The first kappa shape index (κ1) is 22.9. The lowest BCUT2D eigenvalue weighted by atomic mass is 10.2. The van der Waals surface area contributed by atoms with Gasteiger partial charge in [0.2, 0.25) is 0 Å². The van der Waals surface area contributed by atoms with E-state index in [0.717, 1.165) is 0 Å². The lowest BCUT2D eigenvalue weighted by molar-refractivity contribution is 0.0953. The van der Waals surface area contributed by atoms with Gasteiger partial charge in [0.05, 0.1) is 11.5 Å². The maximum Gasteiger partial charge on any atom is 0.261 e. The van der Waals surface area contributed by atoms with Crippen LogP contribution in [0.3, 0.4) is 0 Å². The summed E-state index contributed by atoms with van der Waals surface area (Å²) in [6, 6.07) is 14.4. The molecule has 0 aliphatic rings. The molecule has 0 bridgehead atoms. The second-order valence-electron chi connectivity index (χ2n) is 5.50. The molecule has 1 amide bonds. The van der Waals surface area contributed by atoms with Crippen molar-refractivity contribution < 1.29 is 17.9 Å². The highest BCUT2D eigenvalue weighted by molar-refractivity contribution is 7.92. The number of ether oxygens (including phenoxy) is 1. The number of hydrogen-bond acceptors (Lipinski definition) is 5. The molecule has 0 aromatic heterocycles. The van der Waals surface area contributed by atoms with Crippen LogP contribution in [-0.4, -0.2) is 47.7 Å². The fourth-order valence-electron chi connectivity index (χ4n) is 2.20. The number of sulfonamides is 1. The van der Waals surface area contributed by atoms with Gasteiger partial charge in [-0.15, -0.1) is 12.4 Å². The molecule has 9 heteroatoms. The highest BCUT2D eigenvalue weighted by Crippen LogP contribution is 2.17. The van der Waals surface area contributed by atoms with Gasteiger partial charge in [0.15, 0.2) is 0 Å². The van der Waals surface area contributed by atoms with Crippen LogP contribution in [0, 0.1) is 0 Å². The number of methoxy groups -OCH3 is 1. The first-order chi connectivity index (χ1) is 12.5. The fraction of sp³-hybridized carbons (Fsp3) is 0.278. The van der Waals surface area contributed by atoms with Crippen LogP contribution in [-0.2, 0) is 14.8 Å². The lowest BCUT2D eigenvalue weighted by Crippen LogP contribution is -2.33. The molecule has 2 rings (SSSR count). The molecule has 0 radical (unpaired) electrons. The summed E-state index contributed by atoms with van der Waals surface area (Å²) in [7, 11) is -2.06. The maximum absolute atomic E-state index is 12.3. The van der Waals surface area contributed by atoms with Crippen LogP contribution in [0.25, 0.3) is 0 Å². The number of halogens is 1. The summed E-state index contributed by atoms with van der Waals surface area (Å²) in [4.78, 5) is 12.3. The Morgan fingerprint density at radius 1 is 1.00 bits per heavy atom. The van der Waals surface area contributed by atoms with E-state index in [2.05, 4.69) is 15.4 Å². The van der Waals surface area contributed by atoms with Crippen molar-refractivity contribution in [2.75, 3.05) is 38.1 Å². The van der Waals surface area contributed by atoms with Crippen molar-refractivity contribution in [1.82, 2.24) is 10.6 Å². The van der Waals surface area contributed by atoms with Gasteiger partial charge in [-0.05, 0) is 30.3 Å². The predicted octanol–water partition coefficient (Wildman–Crippen LogP) is 1.87. The average molecular weight is 414 g/mol. The van der Waals surface area contributed by atoms with Crippen molar-refractivity contribution in [2.45, 2.75) is 4.90 Å². The maximum atomic E-state index is 12.3. The molecule has 0 aliphatic carbocycles. The molecular formula is C18H24ClN3O4S. The third-order valence-electron chi connectivity index (χ3n) is 3.50. The molecule has 0 aliphatic heterocycles. The summed E-state index contributed by atoms with van der Waals surface area (Å²) < 4.78 is 32.1. The summed E-state index contributed by atoms with van der Waals surface area (Å²) in [6.07, 6.45) is 0. The summed E-state index contributed by atoms with van der Waals surface area (Å²) in [5.74, 6) is -0.265. The van der Waals surface area contributed by atoms with Crippen molar-refractivity contribution in [2.24, 2.45) is 0 Å².